The molecule has 0 radical (unpaired) electrons. The van der Waals surface area contributed by atoms with Gasteiger partial charge in [0.1, 0.15) is 22.8 Å². The molecule has 3 N–H and O–H groups in total. The minimum atomic E-state index is -0.605. The van der Waals surface area contributed by atoms with Crippen LogP contribution in [0.1, 0.15) is 20.8 Å². The molecule has 3 rings (SSSR count). The van der Waals surface area contributed by atoms with E-state index in [2.05, 4.69) is 10.3 Å². The molecular weight excluding hydrogens is 394 g/mol. The molecule has 0 bridgehead atoms. The number of hydrogen-bond donors (Lipinski definition) is 2. The predicted molar refractivity (Wildman–Crippen MR) is 114 cm³/mol. The number of hydrogen-bond acceptors (Lipinski definition) is 6. The maximum Gasteiger partial charge on any atom is 0.412 e. The first kappa shape index (κ1) is 20.5. The first-order valence-electron chi connectivity index (χ1n) is 8.86. The fourth-order valence-corrected chi connectivity index (χ4v) is 2.85. The number of halogens is 1. The van der Waals surface area contributed by atoms with E-state index >= 15 is 0 Å². The summed E-state index contributed by atoms with van der Waals surface area (Å²) >= 11 is 6.29. The average molecular weight is 416 g/mol. The zero-order valence-corrected chi connectivity index (χ0v) is 17.3. The first-order valence-corrected chi connectivity index (χ1v) is 9.24. The molecule has 2 aromatic carbocycles. The average Bonchev–Trinajstić information content (AvgIpc) is 2.62. The van der Waals surface area contributed by atoms with E-state index < -0.39 is 11.7 Å². The quantitative estimate of drug-likeness (QED) is 0.537. The number of anilines is 2. The maximum absolute atomic E-state index is 11.9. The molecule has 0 saturated carbocycles. The molecule has 0 saturated heterocycles. The van der Waals surface area contributed by atoms with Crippen molar-refractivity contribution in [1.82, 2.24) is 4.98 Å². The summed E-state index contributed by atoms with van der Waals surface area (Å²) in [6.45, 7) is 5.35. The Labute approximate surface area is 173 Å². The van der Waals surface area contributed by atoms with Gasteiger partial charge in [0.2, 0.25) is 0 Å². The highest BCUT2D eigenvalue weighted by Crippen LogP contribution is 2.36. The van der Waals surface area contributed by atoms with E-state index in [9.17, 15) is 4.79 Å². The highest BCUT2D eigenvalue weighted by Gasteiger charge is 2.17. The number of methoxy groups -OCH3 is 1. The molecule has 3 aromatic rings. The molecule has 29 heavy (non-hydrogen) atoms. The number of nitrogens with zero attached hydrogens (tertiary/aromatic N) is 1. The van der Waals surface area contributed by atoms with Crippen LogP contribution in [0, 0.1) is 0 Å². The van der Waals surface area contributed by atoms with Gasteiger partial charge in [-0.1, -0.05) is 11.6 Å². The van der Waals surface area contributed by atoms with E-state index in [1.54, 1.807) is 70.5 Å². The largest absolute Gasteiger partial charge is 0.495 e. The highest BCUT2D eigenvalue weighted by atomic mass is 35.5. The van der Waals surface area contributed by atoms with Gasteiger partial charge >= 0.3 is 6.09 Å². The molecule has 152 valence electrons. The number of fused-ring (bicyclic) bond motifs is 1. The van der Waals surface area contributed by atoms with Gasteiger partial charge in [0.25, 0.3) is 0 Å². The summed E-state index contributed by atoms with van der Waals surface area (Å²) in [7, 11) is 1.55. The smallest absolute Gasteiger partial charge is 0.412 e. The van der Waals surface area contributed by atoms with Crippen molar-refractivity contribution in [3.8, 4) is 17.2 Å². The molecule has 0 spiro atoms. The number of carbonyl (C=O) groups is 1. The van der Waals surface area contributed by atoms with Crippen molar-refractivity contribution < 1.29 is 19.0 Å². The van der Waals surface area contributed by atoms with E-state index in [-0.39, 0.29) is 0 Å². The summed E-state index contributed by atoms with van der Waals surface area (Å²) in [6.07, 6.45) is 1.05. The molecule has 0 atom stereocenters. The Bertz CT molecular complexity index is 1060. The van der Waals surface area contributed by atoms with Crippen LogP contribution in [0.25, 0.3) is 10.9 Å². The van der Waals surface area contributed by atoms with Gasteiger partial charge in [-0.15, -0.1) is 0 Å². The van der Waals surface area contributed by atoms with Crippen LogP contribution in [0.2, 0.25) is 5.02 Å². The number of pyridine rings is 1. The second kappa shape index (κ2) is 8.05. The molecule has 8 heteroatoms. The fourth-order valence-electron chi connectivity index (χ4n) is 2.63. The molecule has 0 aliphatic carbocycles. The van der Waals surface area contributed by atoms with E-state index in [0.29, 0.717) is 39.2 Å². The standard InChI is InChI=1S/C21H22ClN3O4/c1-21(2,3)29-20(26)25-16-6-5-12(9-14(16)22)28-18-7-8-24-17-11-19(27-4)15(23)10-13(17)18/h5-11H,23H2,1-4H3,(H,25,26). The Balaban J connectivity index is 1.83. The molecule has 1 aromatic heterocycles. The van der Waals surface area contributed by atoms with Crippen LogP contribution in [0.15, 0.2) is 42.6 Å². The number of ether oxygens (including phenoxy) is 3. The minimum absolute atomic E-state index is 0.313. The first-order chi connectivity index (χ1) is 13.7. The number of nitrogens with two attached hydrogens (primary N) is 1. The van der Waals surface area contributed by atoms with E-state index in [1.165, 1.54) is 0 Å². The SMILES string of the molecule is COc1cc2nccc(Oc3ccc(NC(=O)OC(C)(C)C)c(Cl)c3)c2cc1N. The number of amides is 1. The van der Waals surface area contributed by atoms with Crippen LogP contribution in [0.4, 0.5) is 16.2 Å². The second-order valence-electron chi connectivity index (χ2n) is 7.29. The van der Waals surface area contributed by atoms with Crippen molar-refractivity contribution in [2.75, 3.05) is 18.2 Å². The Hall–Kier alpha value is -3.19. The fraction of sp³-hybridized carbons (Fsp3) is 0.238. The van der Waals surface area contributed by atoms with Gasteiger partial charge in [0.15, 0.2) is 0 Å². The molecular formula is C21H22ClN3O4. The molecule has 0 aliphatic rings. The number of rotatable bonds is 4. The topological polar surface area (TPSA) is 95.7 Å². The lowest BCUT2D eigenvalue weighted by Crippen LogP contribution is -2.27. The van der Waals surface area contributed by atoms with Gasteiger partial charge in [0, 0.05) is 23.7 Å². The minimum Gasteiger partial charge on any atom is -0.495 e. The number of carbonyl (C=O) groups excluding carboxylic acids is 1. The van der Waals surface area contributed by atoms with Gasteiger partial charge in [-0.3, -0.25) is 10.3 Å². The normalized spacial score (nSPS) is 11.2. The summed E-state index contributed by atoms with van der Waals surface area (Å²) in [5.74, 6) is 1.60. The van der Waals surface area contributed by atoms with E-state index in [0.717, 1.165) is 5.39 Å². The van der Waals surface area contributed by atoms with Crippen LogP contribution >= 0.6 is 11.6 Å². The lowest BCUT2D eigenvalue weighted by atomic mass is 10.1. The summed E-state index contributed by atoms with van der Waals surface area (Å²) < 4.78 is 16.4. The highest BCUT2D eigenvalue weighted by molar-refractivity contribution is 6.33. The van der Waals surface area contributed by atoms with Crippen LogP contribution in [-0.4, -0.2) is 23.8 Å². The number of nitrogens with one attached hydrogen (secondary N) is 1. The number of nitrogen functional groups attached to an aromatic ring is 1. The second-order valence-corrected chi connectivity index (χ2v) is 7.70. The van der Waals surface area contributed by atoms with Crippen molar-refractivity contribution in [2.45, 2.75) is 26.4 Å². The van der Waals surface area contributed by atoms with Crippen molar-refractivity contribution >= 4 is 40.0 Å². The molecule has 0 aliphatic heterocycles. The Morgan fingerprint density at radius 2 is 1.90 bits per heavy atom. The Kier molecular flexibility index (Phi) is 5.70. The van der Waals surface area contributed by atoms with Crippen LogP contribution in [0.3, 0.4) is 0 Å². The third-order valence-corrected chi connectivity index (χ3v) is 4.17. The van der Waals surface area contributed by atoms with Gasteiger partial charge in [-0.2, -0.15) is 0 Å². The number of benzene rings is 2. The van der Waals surface area contributed by atoms with Gasteiger partial charge in [-0.25, -0.2) is 4.79 Å². The molecule has 7 nitrogen and oxygen atoms in total. The summed E-state index contributed by atoms with van der Waals surface area (Å²) in [5, 5.41) is 3.67. The van der Waals surface area contributed by atoms with E-state index in [1.807, 2.05) is 0 Å². The zero-order chi connectivity index (χ0) is 21.2. The zero-order valence-electron chi connectivity index (χ0n) is 16.6. The maximum atomic E-state index is 11.9. The van der Waals surface area contributed by atoms with Crippen LogP contribution in [0.5, 0.6) is 17.2 Å². The number of aromatic nitrogens is 1. The van der Waals surface area contributed by atoms with Gasteiger partial charge in [0.05, 0.1) is 29.0 Å². The molecule has 0 unspecified atom stereocenters. The monoisotopic (exact) mass is 415 g/mol. The van der Waals surface area contributed by atoms with Crippen molar-refractivity contribution in [1.29, 1.82) is 0 Å². The summed E-state index contributed by atoms with van der Waals surface area (Å²) in [6, 6.07) is 10.2. The Morgan fingerprint density at radius 1 is 1.14 bits per heavy atom. The summed E-state index contributed by atoms with van der Waals surface area (Å²) in [5.41, 5.74) is 6.99. The Morgan fingerprint density at radius 3 is 2.55 bits per heavy atom. The lowest BCUT2D eigenvalue weighted by Gasteiger charge is -2.20. The van der Waals surface area contributed by atoms with Gasteiger partial charge < -0.3 is 19.9 Å². The molecule has 0 fully saturated rings. The van der Waals surface area contributed by atoms with Crippen LogP contribution in [-0.2, 0) is 4.74 Å². The van der Waals surface area contributed by atoms with E-state index in [4.69, 9.17) is 31.5 Å². The van der Waals surface area contributed by atoms with Crippen molar-refractivity contribution in [3.05, 3.63) is 47.6 Å². The van der Waals surface area contributed by atoms with Crippen LogP contribution < -0.4 is 20.5 Å². The lowest BCUT2D eigenvalue weighted by molar-refractivity contribution is 0.0636. The third-order valence-electron chi connectivity index (χ3n) is 3.86. The molecule has 1 heterocycles. The molecule has 1 amide bonds. The summed E-state index contributed by atoms with van der Waals surface area (Å²) in [4.78, 5) is 16.3. The predicted octanol–water partition coefficient (Wildman–Crippen LogP) is 5.62. The van der Waals surface area contributed by atoms with Crippen molar-refractivity contribution in [3.63, 3.8) is 0 Å². The van der Waals surface area contributed by atoms with Gasteiger partial charge in [-0.05, 0) is 45.0 Å². The third kappa shape index (κ3) is 5.00. The van der Waals surface area contributed by atoms with Crippen molar-refractivity contribution in [2.24, 2.45) is 0 Å².